The molecule has 2 N–H and O–H groups in total. The van der Waals surface area contributed by atoms with Gasteiger partial charge < -0.3 is 5.73 Å². The van der Waals surface area contributed by atoms with Crippen molar-refractivity contribution in [3.8, 4) is 0 Å². The summed E-state index contributed by atoms with van der Waals surface area (Å²) in [5.74, 6) is 0. The monoisotopic (exact) mass is 260 g/mol. The third-order valence-corrected chi connectivity index (χ3v) is 4.23. The molecule has 1 heterocycles. The average Bonchev–Trinajstić information content (AvgIpc) is 2.33. The molecule has 0 radical (unpaired) electrons. The minimum Gasteiger partial charge on any atom is -0.328 e. The normalized spacial score (nSPS) is 18.8. The molecule has 1 aromatic rings. The molecule has 0 saturated carbocycles. The highest BCUT2D eigenvalue weighted by Gasteiger charge is 2.18. The number of nitrogens with two attached hydrogens (primary N) is 1. The molecular weight excluding hydrogens is 232 g/mol. The highest BCUT2D eigenvalue weighted by Crippen LogP contribution is 2.25. The lowest BCUT2D eigenvalue weighted by Gasteiger charge is -2.30. The lowest BCUT2D eigenvalue weighted by Crippen LogP contribution is -2.39. The summed E-state index contributed by atoms with van der Waals surface area (Å²) in [4.78, 5) is 2.53. The number of likely N-dealkylation sites (tertiary alicyclic amines) is 1. The van der Waals surface area contributed by atoms with Crippen LogP contribution in [0.4, 0.5) is 0 Å². The van der Waals surface area contributed by atoms with Gasteiger partial charge in [-0.1, -0.05) is 39.0 Å². The van der Waals surface area contributed by atoms with Crippen LogP contribution < -0.4 is 5.73 Å². The number of piperidine rings is 1. The van der Waals surface area contributed by atoms with Crippen molar-refractivity contribution in [2.24, 2.45) is 5.73 Å². The van der Waals surface area contributed by atoms with Crippen molar-refractivity contribution in [3.05, 3.63) is 34.9 Å². The average molecular weight is 260 g/mol. The van der Waals surface area contributed by atoms with E-state index in [2.05, 4.69) is 50.8 Å². The van der Waals surface area contributed by atoms with Crippen LogP contribution in [0, 0.1) is 6.92 Å². The number of hydrogen-bond donors (Lipinski definition) is 1. The Bertz CT molecular complexity index is 423. The van der Waals surface area contributed by atoms with Crippen LogP contribution in [0.25, 0.3) is 0 Å². The summed E-state index contributed by atoms with van der Waals surface area (Å²) >= 11 is 0. The quantitative estimate of drug-likeness (QED) is 0.884. The van der Waals surface area contributed by atoms with Gasteiger partial charge in [0.2, 0.25) is 0 Å². The number of hydrogen-bond acceptors (Lipinski definition) is 2. The third kappa shape index (κ3) is 3.80. The van der Waals surface area contributed by atoms with Gasteiger partial charge in [-0.15, -0.1) is 0 Å². The van der Waals surface area contributed by atoms with Crippen LogP contribution in [0.15, 0.2) is 18.2 Å². The number of nitrogens with zero attached hydrogens (tertiary/aromatic N) is 1. The Morgan fingerprint density at radius 3 is 2.37 bits per heavy atom. The zero-order valence-corrected chi connectivity index (χ0v) is 12.9. The van der Waals surface area contributed by atoms with Crippen LogP contribution in [0.5, 0.6) is 0 Å². The molecule has 1 aromatic carbocycles. The second-order valence-corrected chi connectivity index (χ2v) is 7.00. The Morgan fingerprint density at radius 1 is 1.21 bits per heavy atom. The maximum atomic E-state index is 5.96. The molecule has 0 amide bonds. The standard InChI is InChI=1S/C17H28N2/c1-13-11-15(17(2,3)4)6-5-14(13)12-19-9-7-16(18)8-10-19/h5-6,11,16H,7-10,12,18H2,1-4H3. The second kappa shape index (κ2) is 5.64. The van der Waals surface area contributed by atoms with Gasteiger partial charge in [0.1, 0.15) is 0 Å². The minimum atomic E-state index is 0.237. The van der Waals surface area contributed by atoms with E-state index < -0.39 is 0 Å². The fraction of sp³-hybridized carbons (Fsp3) is 0.647. The third-order valence-electron chi connectivity index (χ3n) is 4.23. The van der Waals surface area contributed by atoms with Crippen LogP contribution in [-0.2, 0) is 12.0 Å². The van der Waals surface area contributed by atoms with E-state index in [1.165, 1.54) is 16.7 Å². The van der Waals surface area contributed by atoms with Crippen molar-refractivity contribution in [1.29, 1.82) is 0 Å². The van der Waals surface area contributed by atoms with E-state index in [9.17, 15) is 0 Å². The van der Waals surface area contributed by atoms with Gasteiger partial charge in [-0.25, -0.2) is 0 Å². The lowest BCUT2D eigenvalue weighted by atomic mass is 9.85. The Balaban J connectivity index is 2.05. The van der Waals surface area contributed by atoms with Crippen molar-refractivity contribution in [2.75, 3.05) is 13.1 Å². The highest BCUT2D eigenvalue weighted by molar-refractivity contribution is 5.34. The molecular formula is C17H28N2. The zero-order valence-electron chi connectivity index (χ0n) is 12.9. The Morgan fingerprint density at radius 2 is 1.84 bits per heavy atom. The first-order valence-electron chi connectivity index (χ1n) is 7.44. The van der Waals surface area contributed by atoms with Crippen LogP contribution in [-0.4, -0.2) is 24.0 Å². The highest BCUT2D eigenvalue weighted by atomic mass is 15.1. The topological polar surface area (TPSA) is 29.3 Å². The molecule has 0 bridgehead atoms. The van der Waals surface area contributed by atoms with E-state index in [0.717, 1.165) is 32.5 Å². The first kappa shape index (κ1) is 14.5. The molecule has 1 saturated heterocycles. The van der Waals surface area contributed by atoms with Gasteiger partial charge in [0.15, 0.2) is 0 Å². The largest absolute Gasteiger partial charge is 0.328 e. The van der Waals surface area contributed by atoms with Crippen LogP contribution in [0.3, 0.4) is 0 Å². The summed E-state index contributed by atoms with van der Waals surface area (Å²) < 4.78 is 0. The second-order valence-electron chi connectivity index (χ2n) is 7.00. The summed E-state index contributed by atoms with van der Waals surface area (Å²) in [6.07, 6.45) is 2.28. The van der Waals surface area contributed by atoms with Gasteiger partial charge in [-0.2, -0.15) is 0 Å². The maximum Gasteiger partial charge on any atom is 0.0236 e. The first-order chi connectivity index (χ1) is 8.86. The van der Waals surface area contributed by atoms with E-state index in [4.69, 9.17) is 5.73 Å². The van der Waals surface area contributed by atoms with Gasteiger partial charge in [0.05, 0.1) is 0 Å². The van der Waals surface area contributed by atoms with E-state index in [0.29, 0.717) is 6.04 Å². The molecule has 0 spiro atoms. The molecule has 19 heavy (non-hydrogen) atoms. The Hall–Kier alpha value is -0.860. The molecule has 2 nitrogen and oxygen atoms in total. The Kier molecular flexibility index (Phi) is 4.32. The molecule has 0 aliphatic carbocycles. The summed E-state index contributed by atoms with van der Waals surface area (Å²) in [5, 5.41) is 0. The molecule has 1 aliphatic heterocycles. The predicted molar refractivity (Wildman–Crippen MR) is 82.4 cm³/mol. The molecule has 0 unspecified atom stereocenters. The van der Waals surface area contributed by atoms with Gasteiger partial charge in [-0.05, 0) is 55.0 Å². The molecule has 0 atom stereocenters. The van der Waals surface area contributed by atoms with Crippen LogP contribution in [0.1, 0.15) is 50.3 Å². The first-order valence-corrected chi connectivity index (χ1v) is 7.44. The van der Waals surface area contributed by atoms with E-state index in [1.54, 1.807) is 0 Å². The number of aryl methyl sites for hydroxylation is 1. The van der Waals surface area contributed by atoms with E-state index in [1.807, 2.05) is 0 Å². The van der Waals surface area contributed by atoms with Gasteiger partial charge in [0, 0.05) is 12.6 Å². The van der Waals surface area contributed by atoms with Crippen molar-refractivity contribution >= 4 is 0 Å². The zero-order chi connectivity index (χ0) is 14.0. The van der Waals surface area contributed by atoms with Gasteiger partial charge >= 0.3 is 0 Å². The van der Waals surface area contributed by atoms with Gasteiger partial charge in [0.25, 0.3) is 0 Å². The summed E-state index contributed by atoms with van der Waals surface area (Å²) in [6, 6.07) is 7.37. The van der Waals surface area contributed by atoms with Crippen molar-refractivity contribution in [2.45, 2.75) is 58.5 Å². The van der Waals surface area contributed by atoms with Crippen LogP contribution >= 0.6 is 0 Å². The summed E-state index contributed by atoms with van der Waals surface area (Å²) in [5.41, 5.74) is 10.5. The minimum absolute atomic E-state index is 0.237. The molecule has 2 heteroatoms. The lowest BCUT2D eigenvalue weighted by molar-refractivity contribution is 0.205. The SMILES string of the molecule is Cc1cc(C(C)(C)C)ccc1CN1CCC(N)CC1. The molecule has 1 aliphatic rings. The molecule has 1 fully saturated rings. The fourth-order valence-corrected chi connectivity index (χ4v) is 2.69. The van der Waals surface area contributed by atoms with Gasteiger partial charge in [-0.3, -0.25) is 4.90 Å². The number of benzene rings is 1. The molecule has 106 valence electrons. The van der Waals surface area contributed by atoms with Crippen molar-refractivity contribution < 1.29 is 0 Å². The summed E-state index contributed by atoms with van der Waals surface area (Å²) in [6.45, 7) is 12.4. The van der Waals surface area contributed by atoms with E-state index >= 15 is 0 Å². The number of rotatable bonds is 2. The Labute approximate surface area is 118 Å². The smallest absolute Gasteiger partial charge is 0.0236 e. The predicted octanol–water partition coefficient (Wildman–Crippen LogP) is 3.22. The summed E-state index contributed by atoms with van der Waals surface area (Å²) in [7, 11) is 0. The molecule has 2 rings (SSSR count). The van der Waals surface area contributed by atoms with Crippen LogP contribution in [0.2, 0.25) is 0 Å². The fourth-order valence-electron chi connectivity index (χ4n) is 2.69. The van der Waals surface area contributed by atoms with E-state index in [-0.39, 0.29) is 5.41 Å². The maximum absolute atomic E-state index is 5.96. The van der Waals surface area contributed by atoms with Crippen molar-refractivity contribution in [1.82, 2.24) is 4.90 Å². The molecule has 0 aromatic heterocycles. The van der Waals surface area contributed by atoms with Crippen molar-refractivity contribution in [3.63, 3.8) is 0 Å².